The third-order valence-corrected chi connectivity index (χ3v) is 3.59. The second kappa shape index (κ2) is 5.13. The van der Waals surface area contributed by atoms with Crippen LogP contribution in [0.4, 0.5) is 5.69 Å². The normalized spacial score (nSPS) is 10.7. The van der Waals surface area contributed by atoms with E-state index < -0.39 is 0 Å². The molecule has 20 heavy (non-hydrogen) atoms. The van der Waals surface area contributed by atoms with Crippen LogP contribution in [-0.2, 0) is 0 Å². The monoisotopic (exact) mass is 329 g/mol. The molecule has 1 aromatic heterocycles. The number of amides is 1. The number of halogens is 1. The predicted molar refractivity (Wildman–Crippen MR) is 83.0 cm³/mol. The molecule has 100 valence electrons. The minimum Gasteiger partial charge on any atom is -0.451 e. The summed E-state index contributed by atoms with van der Waals surface area (Å²) in [6.45, 7) is 1.95. The van der Waals surface area contributed by atoms with Crippen molar-refractivity contribution in [3.63, 3.8) is 0 Å². The highest BCUT2D eigenvalue weighted by atomic mass is 79.9. The van der Waals surface area contributed by atoms with E-state index in [0.29, 0.717) is 11.3 Å². The molecule has 0 aliphatic carbocycles. The van der Waals surface area contributed by atoms with Crippen LogP contribution in [-0.4, -0.2) is 5.91 Å². The highest BCUT2D eigenvalue weighted by Crippen LogP contribution is 2.24. The van der Waals surface area contributed by atoms with Crippen molar-refractivity contribution in [1.82, 2.24) is 0 Å². The Morgan fingerprint density at radius 3 is 2.75 bits per heavy atom. The van der Waals surface area contributed by atoms with Crippen molar-refractivity contribution < 1.29 is 9.21 Å². The van der Waals surface area contributed by atoms with Gasteiger partial charge in [0.1, 0.15) is 5.58 Å². The molecule has 0 aliphatic heterocycles. The van der Waals surface area contributed by atoms with Crippen molar-refractivity contribution in [2.75, 3.05) is 5.32 Å². The second-order valence-corrected chi connectivity index (χ2v) is 5.48. The van der Waals surface area contributed by atoms with Crippen molar-refractivity contribution in [2.45, 2.75) is 6.92 Å². The summed E-state index contributed by atoms with van der Waals surface area (Å²) in [5.41, 5.74) is 2.49. The highest BCUT2D eigenvalue weighted by Gasteiger charge is 2.13. The molecule has 1 heterocycles. The van der Waals surface area contributed by atoms with Crippen molar-refractivity contribution >= 4 is 38.5 Å². The molecular weight excluding hydrogens is 318 g/mol. The molecular formula is C16H12BrNO2. The summed E-state index contributed by atoms with van der Waals surface area (Å²) in [5, 5.41) is 3.76. The number of anilines is 1. The Morgan fingerprint density at radius 2 is 1.95 bits per heavy atom. The number of hydrogen-bond donors (Lipinski definition) is 1. The predicted octanol–water partition coefficient (Wildman–Crippen LogP) is 4.76. The fourth-order valence-electron chi connectivity index (χ4n) is 2.01. The Kier molecular flexibility index (Phi) is 3.32. The van der Waals surface area contributed by atoms with E-state index in [-0.39, 0.29) is 5.91 Å². The lowest BCUT2D eigenvalue weighted by molar-refractivity contribution is 0.0998. The first-order valence-corrected chi connectivity index (χ1v) is 6.99. The number of para-hydroxylation sites is 1. The van der Waals surface area contributed by atoms with Crippen LogP contribution in [0.1, 0.15) is 16.1 Å². The van der Waals surface area contributed by atoms with Crippen molar-refractivity contribution in [1.29, 1.82) is 0 Å². The minimum atomic E-state index is -0.244. The number of benzene rings is 2. The molecule has 0 radical (unpaired) electrons. The van der Waals surface area contributed by atoms with E-state index >= 15 is 0 Å². The maximum atomic E-state index is 12.2. The fraction of sp³-hybridized carbons (Fsp3) is 0.0625. The summed E-state index contributed by atoms with van der Waals surface area (Å²) in [6, 6.07) is 15.1. The Morgan fingerprint density at radius 1 is 1.15 bits per heavy atom. The van der Waals surface area contributed by atoms with Gasteiger partial charge < -0.3 is 9.73 Å². The molecule has 1 N–H and O–H groups in total. The number of furan rings is 1. The number of aryl methyl sites for hydroxylation is 1. The van der Waals surface area contributed by atoms with Crippen molar-refractivity contribution in [2.24, 2.45) is 0 Å². The van der Waals surface area contributed by atoms with Gasteiger partial charge >= 0.3 is 0 Å². The molecule has 3 rings (SSSR count). The van der Waals surface area contributed by atoms with Gasteiger partial charge in [0.15, 0.2) is 5.76 Å². The molecule has 0 spiro atoms. The zero-order valence-electron chi connectivity index (χ0n) is 10.8. The zero-order valence-corrected chi connectivity index (χ0v) is 12.4. The van der Waals surface area contributed by atoms with Crippen LogP contribution in [0.3, 0.4) is 0 Å². The van der Waals surface area contributed by atoms with Gasteiger partial charge in [0, 0.05) is 15.5 Å². The van der Waals surface area contributed by atoms with Gasteiger partial charge in [0.05, 0.1) is 0 Å². The molecule has 0 aliphatic rings. The number of carbonyl (C=O) groups excluding carboxylic acids is 1. The molecule has 4 heteroatoms. The smallest absolute Gasteiger partial charge is 0.291 e. The number of fused-ring (bicyclic) bond motifs is 1. The second-order valence-electron chi connectivity index (χ2n) is 4.56. The summed E-state index contributed by atoms with van der Waals surface area (Å²) in [6.07, 6.45) is 0. The maximum absolute atomic E-state index is 12.2. The van der Waals surface area contributed by atoms with Crippen LogP contribution in [0.15, 0.2) is 57.4 Å². The van der Waals surface area contributed by atoms with Gasteiger partial charge in [0.2, 0.25) is 0 Å². The number of nitrogens with one attached hydrogen (secondary N) is 1. The van der Waals surface area contributed by atoms with Gasteiger partial charge in [-0.3, -0.25) is 4.79 Å². The topological polar surface area (TPSA) is 42.2 Å². The van der Waals surface area contributed by atoms with E-state index in [2.05, 4.69) is 21.2 Å². The van der Waals surface area contributed by atoms with Crippen LogP contribution in [0.2, 0.25) is 0 Å². The average Bonchev–Trinajstić information content (AvgIpc) is 2.84. The third-order valence-electron chi connectivity index (χ3n) is 3.10. The van der Waals surface area contributed by atoms with Crippen LogP contribution in [0, 0.1) is 6.92 Å². The van der Waals surface area contributed by atoms with Crippen molar-refractivity contribution in [3.05, 3.63) is 64.3 Å². The molecule has 0 unspecified atom stereocenters. The lowest BCUT2D eigenvalue weighted by Crippen LogP contribution is -2.11. The van der Waals surface area contributed by atoms with Crippen LogP contribution >= 0.6 is 15.9 Å². The van der Waals surface area contributed by atoms with Crippen molar-refractivity contribution in [3.8, 4) is 0 Å². The van der Waals surface area contributed by atoms with Crippen LogP contribution < -0.4 is 5.32 Å². The summed E-state index contributed by atoms with van der Waals surface area (Å²) in [5.74, 6) is 0.0629. The first-order chi connectivity index (χ1) is 9.63. The molecule has 0 bridgehead atoms. The van der Waals surface area contributed by atoms with Gasteiger partial charge in [-0.05, 0) is 42.8 Å². The molecule has 0 saturated heterocycles. The highest BCUT2D eigenvalue weighted by molar-refractivity contribution is 9.10. The lowest BCUT2D eigenvalue weighted by Gasteiger charge is -2.05. The zero-order chi connectivity index (χ0) is 14.1. The summed E-state index contributed by atoms with van der Waals surface area (Å²) in [7, 11) is 0. The van der Waals surface area contributed by atoms with Gasteiger partial charge in [0.25, 0.3) is 5.91 Å². The third kappa shape index (κ3) is 2.47. The van der Waals surface area contributed by atoms with E-state index in [9.17, 15) is 4.79 Å². The van der Waals surface area contributed by atoms with Crippen LogP contribution in [0.25, 0.3) is 11.0 Å². The Balaban J connectivity index is 1.91. The minimum absolute atomic E-state index is 0.244. The average molecular weight is 330 g/mol. The largest absolute Gasteiger partial charge is 0.451 e. The quantitative estimate of drug-likeness (QED) is 0.736. The molecule has 3 nitrogen and oxygen atoms in total. The Hall–Kier alpha value is -2.07. The lowest BCUT2D eigenvalue weighted by atomic mass is 10.2. The number of carbonyl (C=O) groups is 1. The van der Waals surface area contributed by atoms with E-state index in [0.717, 1.165) is 21.1 Å². The Labute approximate surface area is 124 Å². The molecule has 3 aromatic rings. The van der Waals surface area contributed by atoms with Crippen LogP contribution in [0.5, 0.6) is 0 Å². The molecule has 0 saturated carbocycles. The van der Waals surface area contributed by atoms with E-state index in [1.165, 1.54) is 0 Å². The molecule has 2 aromatic carbocycles. The summed E-state index contributed by atoms with van der Waals surface area (Å²) >= 11 is 3.38. The number of rotatable bonds is 2. The first-order valence-electron chi connectivity index (χ1n) is 6.19. The van der Waals surface area contributed by atoms with Gasteiger partial charge in [-0.25, -0.2) is 0 Å². The first kappa shape index (κ1) is 12.9. The van der Waals surface area contributed by atoms with E-state index in [1.807, 2.05) is 49.4 Å². The molecule has 0 fully saturated rings. The maximum Gasteiger partial charge on any atom is 0.291 e. The van der Waals surface area contributed by atoms with Gasteiger partial charge in [-0.2, -0.15) is 0 Å². The molecule has 1 amide bonds. The van der Waals surface area contributed by atoms with E-state index in [4.69, 9.17) is 4.42 Å². The Bertz CT molecular complexity index is 792. The molecule has 0 atom stereocenters. The summed E-state index contributed by atoms with van der Waals surface area (Å²) < 4.78 is 6.50. The fourth-order valence-corrected chi connectivity index (χ4v) is 2.35. The van der Waals surface area contributed by atoms with E-state index in [1.54, 1.807) is 6.07 Å². The standard InChI is InChI=1S/C16H12BrNO2/c1-10-4-2-3-5-13(10)18-16(19)15-8-11-6-7-12(17)9-14(11)20-15/h2-9H,1H3,(H,18,19). The van der Waals surface area contributed by atoms with Gasteiger partial charge in [-0.15, -0.1) is 0 Å². The SMILES string of the molecule is Cc1ccccc1NC(=O)c1cc2ccc(Br)cc2o1. The number of hydrogen-bond acceptors (Lipinski definition) is 2. The summed E-state index contributed by atoms with van der Waals surface area (Å²) in [4.78, 5) is 12.2. The van der Waals surface area contributed by atoms with Gasteiger partial charge in [-0.1, -0.05) is 34.1 Å².